The van der Waals surface area contributed by atoms with Gasteiger partial charge in [0, 0.05) is 13.1 Å². The van der Waals surface area contributed by atoms with Gasteiger partial charge < -0.3 is 9.80 Å². The number of imide groups is 1. The van der Waals surface area contributed by atoms with E-state index in [2.05, 4.69) is 0 Å². The Balaban J connectivity index is 1.65. The van der Waals surface area contributed by atoms with Gasteiger partial charge in [-0.15, -0.1) is 0 Å². The quantitative estimate of drug-likeness (QED) is 0.766. The highest BCUT2D eigenvalue weighted by Crippen LogP contribution is 2.40. The molecule has 1 aromatic rings. The molecule has 1 aromatic carbocycles. The predicted molar refractivity (Wildman–Crippen MR) is 83.7 cm³/mol. The van der Waals surface area contributed by atoms with Crippen LogP contribution < -0.4 is 4.90 Å². The normalized spacial score (nSPS) is 29.2. The first kappa shape index (κ1) is 16.0. The number of hydrogen-bond acceptors (Lipinski definition) is 3. The maximum atomic E-state index is 14.0. The SMILES string of the molecule is C[C@]12CCCN1C(=O)N([C@H]1CCN(c3c(F)cccc3F)C1=O)C2=O. The maximum Gasteiger partial charge on any atom is 0.328 e. The van der Waals surface area contributed by atoms with Crippen LogP contribution in [0.15, 0.2) is 18.2 Å². The zero-order valence-corrected chi connectivity index (χ0v) is 13.7. The van der Waals surface area contributed by atoms with Crippen molar-refractivity contribution in [1.82, 2.24) is 9.80 Å². The Morgan fingerprint density at radius 3 is 2.44 bits per heavy atom. The average molecular weight is 349 g/mol. The van der Waals surface area contributed by atoms with E-state index in [-0.39, 0.29) is 13.0 Å². The van der Waals surface area contributed by atoms with Gasteiger partial charge in [-0.25, -0.2) is 18.5 Å². The number of benzene rings is 1. The van der Waals surface area contributed by atoms with Crippen LogP contribution in [0.25, 0.3) is 0 Å². The molecule has 3 aliphatic rings. The summed E-state index contributed by atoms with van der Waals surface area (Å²) in [5.74, 6) is -2.72. The van der Waals surface area contributed by atoms with Gasteiger partial charge in [0.2, 0.25) is 0 Å². The summed E-state index contributed by atoms with van der Waals surface area (Å²) in [6, 6.07) is 1.86. The molecule has 0 unspecified atom stereocenters. The van der Waals surface area contributed by atoms with Crippen LogP contribution >= 0.6 is 0 Å². The van der Waals surface area contributed by atoms with E-state index in [1.807, 2.05) is 0 Å². The van der Waals surface area contributed by atoms with Crippen molar-refractivity contribution in [2.75, 3.05) is 18.0 Å². The van der Waals surface area contributed by atoms with Gasteiger partial charge in [0.1, 0.15) is 28.9 Å². The van der Waals surface area contributed by atoms with Crippen LogP contribution in [0.4, 0.5) is 19.3 Å². The number of hydrogen-bond donors (Lipinski definition) is 0. The number of para-hydroxylation sites is 1. The van der Waals surface area contributed by atoms with Crippen LogP contribution in [-0.2, 0) is 9.59 Å². The van der Waals surface area contributed by atoms with Gasteiger partial charge >= 0.3 is 6.03 Å². The zero-order chi connectivity index (χ0) is 17.9. The molecule has 0 N–H and O–H groups in total. The number of anilines is 1. The largest absolute Gasteiger partial charge is 0.328 e. The molecular formula is C17H17F2N3O3. The van der Waals surface area contributed by atoms with Crippen molar-refractivity contribution in [3.8, 4) is 0 Å². The lowest BCUT2D eigenvalue weighted by atomic mass is 9.99. The van der Waals surface area contributed by atoms with E-state index < -0.39 is 46.7 Å². The van der Waals surface area contributed by atoms with Gasteiger partial charge in [-0.3, -0.25) is 9.59 Å². The van der Waals surface area contributed by atoms with Crippen molar-refractivity contribution in [2.24, 2.45) is 0 Å². The van der Waals surface area contributed by atoms with E-state index in [1.165, 1.54) is 11.0 Å². The van der Waals surface area contributed by atoms with Crippen LogP contribution in [0.3, 0.4) is 0 Å². The van der Waals surface area contributed by atoms with E-state index in [0.717, 1.165) is 28.4 Å². The van der Waals surface area contributed by atoms with Gasteiger partial charge in [-0.1, -0.05) is 6.07 Å². The maximum absolute atomic E-state index is 14.0. The first-order valence-electron chi connectivity index (χ1n) is 8.27. The predicted octanol–water partition coefficient (Wildman–Crippen LogP) is 1.89. The summed E-state index contributed by atoms with van der Waals surface area (Å²) < 4.78 is 28.0. The van der Waals surface area contributed by atoms with Gasteiger partial charge in [0.15, 0.2) is 0 Å². The average Bonchev–Trinajstić information content (AvgIpc) is 3.17. The van der Waals surface area contributed by atoms with Gasteiger partial charge in [0.25, 0.3) is 11.8 Å². The van der Waals surface area contributed by atoms with Gasteiger partial charge in [-0.05, 0) is 38.3 Å². The van der Waals surface area contributed by atoms with Crippen LogP contribution in [0, 0.1) is 11.6 Å². The lowest BCUT2D eigenvalue weighted by Gasteiger charge is -2.23. The lowest BCUT2D eigenvalue weighted by molar-refractivity contribution is -0.136. The third-order valence-electron chi connectivity index (χ3n) is 5.45. The lowest BCUT2D eigenvalue weighted by Crippen LogP contribution is -2.47. The van der Waals surface area contributed by atoms with Crippen LogP contribution in [0.2, 0.25) is 0 Å². The summed E-state index contributed by atoms with van der Waals surface area (Å²) in [4.78, 5) is 41.6. The second kappa shape index (κ2) is 5.24. The third kappa shape index (κ3) is 2.03. The molecule has 0 bridgehead atoms. The minimum atomic E-state index is -1.01. The Kier molecular flexibility index (Phi) is 3.35. The summed E-state index contributed by atoms with van der Waals surface area (Å²) in [6.45, 7) is 2.23. The minimum absolute atomic E-state index is 0.0507. The highest BCUT2D eigenvalue weighted by Gasteiger charge is 2.60. The summed E-state index contributed by atoms with van der Waals surface area (Å²) >= 11 is 0. The van der Waals surface area contributed by atoms with Crippen molar-refractivity contribution in [3.05, 3.63) is 29.8 Å². The first-order valence-corrected chi connectivity index (χ1v) is 8.27. The number of nitrogens with zero attached hydrogens (tertiary/aromatic N) is 3. The fourth-order valence-electron chi connectivity index (χ4n) is 4.12. The molecule has 4 rings (SSSR count). The van der Waals surface area contributed by atoms with Crippen molar-refractivity contribution in [3.63, 3.8) is 0 Å². The number of halogens is 2. The van der Waals surface area contributed by atoms with Crippen LogP contribution in [0.1, 0.15) is 26.2 Å². The fraction of sp³-hybridized carbons (Fsp3) is 0.471. The molecule has 0 aliphatic carbocycles. The molecule has 3 heterocycles. The second-order valence-corrected chi connectivity index (χ2v) is 6.85. The molecule has 8 heteroatoms. The number of amides is 4. The number of urea groups is 1. The molecule has 25 heavy (non-hydrogen) atoms. The van der Waals surface area contributed by atoms with E-state index >= 15 is 0 Å². The molecule has 2 atom stereocenters. The highest BCUT2D eigenvalue weighted by molar-refractivity contribution is 6.12. The smallest absolute Gasteiger partial charge is 0.310 e. The standard InChI is InChI=1S/C17H17F2N3O3/c1-17-7-3-8-21(17)16(25)22(15(17)24)12-6-9-20(14(12)23)13-10(18)4-2-5-11(13)19/h2,4-5,12H,3,6-9H2,1H3/t12-,17+/m0/s1. The molecule has 3 aliphatic heterocycles. The van der Waals surface area contributed by atoms with Crippen LogP contribution in [-0.4, -0.2) is 52.3 Å². The molecule has 0 aromatic heterocycles. The topological polar surface area (TPSA) is 60.9 Å². The van der Waals surface area contributed by atoms with Crippen molar-refractivity contribution < 1.29 is 23.2 Å². The third-order valence-corrected chi connectivity index (χ3v) is 5.45. The second-order valence-electron chi connectivity index (χ2n) is 6.85. The minimum Gasteiger partial charge on any atom is -0.310 e. The summed E-state index contributed by atoms with van der Waals surface area (Å²) in [5, 5.41) is 0. The fourth-order valence-corrected chi connectivity index (χ4v) is 4.12. The van der Waals surface area contributed by atoms with Crippen molar-refractivity contribution in [2.45, 2.75) is 37.8 Å². The number of carbonyl (C=O) groups excluding carboxylic acids is 3. The Hall–Kier alpha value is -2.51. The van der Waals surface area contributed by atoms with Crippen molar-refractivity contribution in [1.29, 1.82) is 0 Å². The molecule has 3 fully saturated rings. The summed E-state index contributed by atoms with van der Waals surface area (Å²) in [7, 11) is 0. The highest BCUT2D eigenvalue weighted by atomic mass is 19.1. The molecule has 6 nitrogen and oxygen atoms in total. The van der Waals surface area contributed by atoms with E-state index in [1.54, 1.807) is 6.92 Å². The number of fused-ring (bicyclic) bond motifs is 1. The summed E-state index contributed by atoms with van der Waals surface area (Å²) in [5.41, 5.74) is -1.34. The Morgan fingerprint density at radius 1 is 1.12 bits per heavy atom. The van der Waals surface area contributed by atoms with Crippen molar-refractivity contribution >= 4 is 23.5 Å². The molecule has 4 amide bonds. The molecule has 0 spiro atoms. The van der Waals surface area contributed by atoms with E-state index in [4.69, 9.17) is 0 Å². The molecule has 0 radical (unpaired) electrons. The zero-order valence-electron chi connectivity index (χ0n) is 13.7. The molecule has 3 saturated heterocycles. The Labute approximate surface area is 143 Å². The molecule has 132 valence electrons. The Bertz CT molecular complexity index is 779. The number of rotatable bonds is 2. The van der Waals surface area contributed by atoms with Gasteiger partial charge in [-0.2, -0.15) is 0 Å². The number of carbonyl (C=O) groups is 3. The summed E-state index contributed by atoms with van der Waals surface area (Å²) in [6.07, 6.45) is 1.46. The first-order chi connectivity index (χ1) is 11.9. The van der Waals surface area contributed by atoms with Gasteiger partial charge in [0.05, 0.1) is 0 Å². The van der Waals surface area contributed by atoms with Crippen LogP contribution in [0.5, 0.6) is 0 Å². The monoisotopic (exact) mass is 349 g/mol. The van der Waals surface area contributed by atoms with E-state index in [0.29, 0.717) is 13.0 Å². The van der Waals surface area contributed by atoms with E-state index in [9.17, 15) is 23.2 Å². The Morgan fingerprint density at radius 2 is 1.80 bits per heavy atom. The molecule has 0 saturated carbocycles. The molecular weight excluding hydrogens is 332 g/mol.